The molecule has 0 aliphatic rings. The lowest BCUT2D eigenvalue weighted by molar-refractivity contribution is 0.0950. The van der Waals surface area contributed by atoms with Crippen LogP contribution in [0.15, 0.2) is 18.2 Å². The number of thioether (sulfide) groups is 1. The minimum atomic E-state index is -0.0601. The van der Waals surface area contributed by atoms with Crippen molar-refractivity contribution in [2.24, 2.45) is 0 Å². The van der Waals surface area contributed by atoms with Gasteiger partial charge in [-0.2, -0.15) is 11.8 Å². The van der Waals surface area contributed by atoms with Crippen LogP contribution in [0.2, 0.25) is 0 Å². The highest BCUT2D eigenvalue weighted by Gasteiger charge is 2.17. The highest BCUT2D eigenvalue weighted by atomic mass is 32.2. The van der Waals surface area contributed by atoms with Crippen molar-refractivity contribution < 1.29 is 9.90 Å². The topological polar surface area (TPSA) is 49.3 Å². The molecule has 1 amide bonds. The first-order chi connectivity index (χ1) is 9.89. The summed E-state index contributed by atoms with van der Waals surface area (Å²) in [4.78, 5) is 12.1. The molecule has 1 aromatic rings. The summed E-state index contributed by atoms with van der Waals surface area (Å²) in [7, 11) is 0. The van der Waals surface area contributed by atoms with Gasteiger partial charge in [0.1, 0.15) is 0 Å². The van der Waals surface area contributed by atoms with Crippen molar-refractivity contribution in [2.45, 2.75) is 31.9 Å². The van der Waals surface area contributed by atoms with Gasteiger partial charge in [-0.1, -0.05) is 11.8 Å². The van der Waals surface area contributed by atoms with Crippen LogP contribution in [0.5, 0.6) is 0 Å². The van der Waals surface area contributed by atoms with E-state index in [1.54, 1.807) is 17.8 Å². The van der Waals surface area contributed by atoms with Gasteiger partial charge < -0.3 is 10.4 Å². The maximum Gasteiger partial charge on any atom is 0.251 e. The summed E-state index contributed by atoms with van der Waals surface area (Å²) in [6, 6.07) is 5.50. The number of carbonyl (C=O) groups is 1. The van der Waals surface area contributed by atoms with Gasteiger partial charge in [0.2, 0.25) is 0 Å². The van der Waals surface area contributed by atoms with Crippen LogP contribution in [0.3, 0.4) is 0 Å². The second-order valence-corrected chi connectivity index (χ2v) is 6.96. The van der Waals surface area contributed by atoms with E-state index in [9.17, 15) is 4.79 Å². The van der Waals surface area contributed by atoms with Gasteiger partial charge in [0.25, 0.3) is 5.91 Å². The first-order valence-electron chi connectivity index (χ1n) is 6.93. The minimum Gasteiger partial charge on any atom is -0.395 e. The number of nitrogens with one attached hydrogen (secondary N) is 1. The molecule has 0 bridgehead atoms. The number of aliphatic hydroxyl groups is 1. The molecule has 0 spiro atoms. The van der Waals surface area contributed by atoms with Crippen LogP contribution in [0.1, 0.15) is 41.8 Å². The molecule has 0 saturated heterocycles. The molecule has 0 heterocycles. The largest absolute Gasteiger partial charge is 0.395 e. The molecule has 114 valence electrons. The molecule has 0 saturated carbocycles. The predicted octanol–water partition coefficient (Wildman–Crippen LogP) is 2.60. The number of carbonyl (C=O) groups excluding carboxylic acids is 1. The Balaban J connectivity index is 2.75. The molecule has 2 N–H and O–H groups in total. The summed E-state index contributed by atoms with van der Waals surface area (Å²) in [5.74, 6) is 5.83. The first kappa shape index (κ1) is 17.6. The van der Waals surface area contributed by atoms with Crippen molar-refractivity contribution >= 4 is 17.7 Å². The fourth-order valence-electron chi connectivity index (χ4n) is 1.63. The van der Waals surface area contributed by atoms with Gasteiger partial charge in [-0.15, -0.1) is 0 Å². The summed E-state index contributed by atoms with van der Waals surface area (Å²) in [6.07, 6.45) is 2.50. The van der Waals surface area contributed by atoms with Gasteiger partial charge in [0.05, 0.1) is 6.61 Å². The molecule has 21 heavy (non-hydrogen) atoms. The van der Waals surface area contributed by atoms with Crippen molar-refractivity contribution in [3.63, 3.8) is 0 Å². The van der Waals surface area contributed by atoms with Crippen molar-refractivity contribution in [1.82, 2.24) is 5.32 Å². The van der Waals surface area contributed by atoms with E-state index in [1.165, 1.54) is 0 Å². The number of amides is 1. The Bertz CT molecular complexity index is 556. The molecular weight excluding hydrogens is 282 g/mol. The van der Waals surface area contributed by atoms with E-state index < -0.39 is 0 Å². The van der Waals surface area contributed by atoms with E-state index in [0.29, 0.717) is 18.5 Å². The Morgan fingerprint density at radius 1 is 1.43 bits per heavy atom. The zero-order valence-corrected chi connectivity index (χ0v) is 13.9. The lowest BCUT2D eigenvalue weighted by atomic mass is 10.0. The SMILES string of the molecule is CSC(C)(C)CNC(=O)c1ccc(C#CCCO)c(C)c1. The molecule has 0 atom stereocenters. The number of benzene rings is 1. The summed E-state index contributed by atoms with van der Waals surface area (Å²) in [6.45, 7) is 6.83. The number of hydrogen-bond acceptors (Lipinski definition) is 3. The molecule has 0 radical (unpaired) electrons. The van der Waals surface area contributed by atoms with E-state index in [4.69, 9.17) is 5.11 Å². The average Bonchev–Trinajstić information content (AvgIpc) is 2.46. The van der Waals surface area contributed by atoms with Crippen LogP contribution in [-0.2, 0) is 0 Å². The fourth-order valence-corrected chi connectivity index (χ4v) is 1.84. The molecule has 0 aliphatic heterocycles. The van der Waals surface area contributed by atoms with Crippen LogP contribution in [0.4, 0.5) is 0 Å². The maximum atomic E-state index is 12.1. The van der Waals surface area contributed by atoms with Gasteiger partial charge in [-0.05, 0) is 50.8 Å². The van der Waals surface area contributed by atoms with Crippen molar-refractivity contribution in [2.75, 3.05) is 19.4 Å². The molecule has 0 unspecified atom stereocenters. The molecular formula is C17H23NO2S. The lowest BCUT2D eigenvalue weighted by Crippen LogP contribution is -2.36. The van der Waals surface area contributed by atoms with Gasteiger partial charge in [0, 0.05) is 28.8 Å². The smallest absolute Gasteiger partial charge is 0.251 e. The Labute approximate surface area is 131 Å². The first-order valence-corrected chi connectivity index (χ1v) is 8.16. The molecule has 0 fully saturated rings. The number of aryl methyl sites for hydroxylation is 1. The van der Waals surface area contributed by atoms with Gasteiger partial charge >= 0.3 is 0 Å². The van der Waals surface area contributed by atoms with E-state index >= 15 is 0 Å². The monoisotopic (exact) mass is 305 g/mol. The second kappa shape index (κ2) is 8.11. The molecule has 4 heteroatoms. The van der Waals surface area contributed by atoms with E-state index in [-0.39, 0.29) is 17.3 Å². The lowest BCUT2D eigenvalue weighted by Gasteiger charge is -2.22. The third-order valence-corrected chi connectivity index (χ3v) is 4.43. The molecule has 0 aromatic heterocycles. The standard InChI is InChI=1S/C17H23NO2S/c1-13-11-15(9-8-14(13)7-5-6-10-19)16(20)18-12-17(2,3)21-4/h8-9,11,19H,6,10,12H2,1-4H3,(H,18,20). The van der Waals surface area contributed by atoms with Gasteiger partial charge in [-0.3, -0.25) is 4.79 Å². The molecule has 3 nitrogen and oxygen atoms in total. The maximum absolute atomic E-state index is 12.1. The third-order valence-electron chi connectivity index (χ3n) is 3.18. The summed E-state index contributed by atoms with van der Waals surface area (Å²) in [5.41, 5.74) is 2.51. The number of rotatable bonds is 5. The van der Waals surface area contributed by atoms with Crippen LogP contribution < -0.4 is 5.32 Å². The second-order valence-electron chi connectivity index (χ2n) is 5.45. The quantitative estimate of drug-likeness (QED) is 0.822. The minimum absolute atomic E-state index is 0.0282. The van der Waals surface area contributed by atoms with E-state index in [2.05, 4.69) is 31.0 Å². The number of hydrogen-bond donors (Lipinski definition) is 2. The van der Waals surface area contributed by atoms with Crippen molar-refractivity contribution in [3.05, 3.63) is 34.9 Å². The predicted molar refractivity (Wildman–Crippen MR) is 89.7 cm³/mol. The van der Waals surface area contributed by atoms with Crippen LogP contribution in [0.25, 0.3) is 0 Å². The average molecular weight is 305 g/mol. The molecule has 1 aromatic carbocycles. The summed E-state index contributed by atoms with van der Waals surface area (Å²) in [5, 5.41) is 11.7. The Kier molecular flexibility index (Phi) is 6.80. The summed E-state index contributed by atoms with van der Waals surface area (Å²) >= 11 is 1.73. The Morgan fingerprint density at radius 3 is 2.71 bits per heavy atom. The van der Waals surface area contributed by atoms with Crippen LogP contribution in [0, 0.1) is 18.8 Å². The summed E-state index contributed by atoms with van der Waals surface area (Å²) < 4.78 is 0.0282. The van der Waals surface area contributed by atoms with Gasteiger partial charge in [-0.25, -0.2) is 0 Å². The van der Waals surface area contributed by atoms with Gasteiger partial charge in [0.15, 0.2) is 0 Å². The zero-order valence-electron chi connectivity index (χ0n) is 13.1. The van der Waals surface area contributed by atoms with Crippen LogP contribution in [-0.4, -0.2) is 35.2 Å². The normalized spacial score (nSPS) is 10.7. The van der Waals surface area contributed by atoms with Crippen LogP contribution >= 0.6 is 11.8 Å². The molecule has 0 aliphatic carbocycles. The highest BCUT2D eigenvalue weighted by Crippen LogP contribution is 2.19. The van der Waals surface area contributed by atoms with E-state index in [1.807, 2.05) is 25.3 Å². The molecule has 1 rings (SSSR count). The number of aliphatic hydroxyl groups excluding tert-OH is 1. The van der Waals surface area contributed by atoms with E-state index in [0.717, 1.165) is 11.1 Å². The zero-order chi connectivity index (χ0) is 15.9. The highest BCUT2D eigenvalue weighted by molar-refractivity contribution is 7.99. The fraction of sp³-hybridized carbons (Fsp3) is 0.471. The van der Waals surface area contributed by atoms with Crippen molar-refractivity contribution in [3.8, 4) is 11.8 Å². The third kappa shape index (κ3) is 5.82. The Hall–Kier alpha value is -1.44. The van der Waals surface area contributed by atoms with Crippen molar-refractivity contribution in [1.29, 1.82) is 0 Å². The Morgan fingerprint density at radius 2 is 2.14 bits per heavy atom.